The second kappa shape index (κ2) is 9.46. The number of benzene rings is 1. The SMILES string of the molecule is CC(C)c1cccc(C(C)C)c1Nc1cc(C(=O)NCCN(C)C)ncn1. The van der Waals surface area contributed by atoms with Crippen LogP contribution in [0.3, 0.4) is 0 Å². The van der Waals surface area contributed by atoms with Crippen LogP contribution in [-0.4, -0.2) is 48.0 Å². The van der Waals surface area contributed by atoms with E-state index in [2.05, 4.69) is 66.5 Å². The van der Waals surface area contributed by atoms with Crippen LogP contribution in [0.4, 0.5) is 11.5 Å². The summed E-state index contributed by atoms with van der Waals surface area (Å²) in [7, 11) is 3.94. The lowest BCUT2D eigenvalue weighted by molar-refractivity contribution is 0.0946. The van der Waals surface area contributed by atoms with E-state index in [1.54, 1.807) is 6.07 Å². The lowest BCUT2D eigenvalue weighted by Crippen LogP contribution is -2.31. The molecule has 0 saturated carbocycles. The van der Waals surface area contributed by atoms with Gasteiger partial charge in [-0.15, -0.1) is 0 Å². The highest BCUT2D eigenvalue weighted by atomic mass is 16.1. The van der Waals surface area contributed by atoms with Crippen molar-refractivity contribution in [2.24, 2.45) is 0 Å². The van der Waals surface area contributed by atoms with Crippen molar-refractivity contribution in [1.29, 1.82) is 0 Å². The molecule has 0 aliphatic heterocycles. The summed E-state index contributed by atoms with van der Waals surface area (Å²) in [4.78, 5) is 22.8. The van der Waals surface area contributed by atoms with Crippen LogP contribution in [0.5, 0.6) is 0 Å². The fourth-order valence-corrected chi connectivity index (χ4v) is 2.86. The van der Waals surface area contributed by atoms with Crippen LogP contribution in [0.25, 0.3) is 0 Å². The van der Waals surface area contributed by atoms with Gasteiger partial charge in [-0.1, -0.05) is 45.9 Å². The third-order valence-corrected chi connectivity index (χ3v) is 4.37. The topological polar surface area (TPSA) is 70.2 Å². The number of hydrogen-bond donors (Lipinski definition) is 2. The van der Waals surface area contributed by atoms with Crippen LogP contribution in [0, 0.1) is 0 Å². The van der Waals surface area contributed by atoms with Gasteiger partial charge in [0.1, 0.15) is 17.8 Å². The Labute approximate surface area is 162 Å². The summed E-state index contributed by atoms with van der Waals surface area (Å²) in [6.07, 6.45) is 1.43. The van der Waals surface area contributed by atoms with E-state index in [0.29, 0.717) is 29.9 Å². The standard InChI is InChI=1S/C21H31N5O/c1-14(2)16-8-7-9-17(15(3)4)20(16)25-19-12-18(23-13-24-19)21(27)22-10-11-26(5)6/h7-9,12-15H,10-11H2,1-6H3,(H,22,27)(H,23,24,25). The van der Waals surface area contributed by atoms with E-state index in [4.69, 9.17) is 0 Å². The predicted molar refractivity (Wildman–Crippen MR) is 111 cm³/mol. The Balaban J connectivity index is 2.25. The number of aromatic nitrogens is 2. The first-order valence-electron chi connectivity index (χ1n) is 9.44. The first kappa shape index (κ1) is 20.8. The molecule has 0 radical (unpaired) electrons. The molecule has 1 aromatic carbocycles. The van der Waals surface area contributed by atoms with Crippen molar-refractivity contribution in [3.63, 3.8) is 0 Å². The highest BCUT2D eigenvalue weighted by Gasteiger charge is 2.15. The molecule has 1 heterocycles. The fourth-order valence-electron chi connectivity index (χ4n) is 2.86. The molecule has 27 heavy (non-hydrogen) atoms. The summed E-state index contributed by atoms with van der Waals surface area (Å²) in [6, 6.07) is 8.07. The number of nitrogens with zero attached hydrogens (tertiary/aromatic N) is 3. The number of amides is 1. The molecular formula is C21H31N5O. The van der Waals surface area contributed by atoms with Gasteiger partial charge in [0, 0.05) is 24.8 Å². The van der Waals surface area contributed by atoms with Crippen LogP contribution in [-0.2, 0) is 0 Å². The van der Waals surface area contributed by atoms with Crippen molar-refractivity contribution in [3.05, 3.63) is 47.4 Å². The largest absolute Gasteiger partial charge is 0.349 e. The smallest absolute Gasteiger partial charge is 0.270 e. The van der Waals surface area contributed by atoms with E-state index < -0.39 is 0 Å². The average molecular weight is 370 g/mol. The van der Waals surface area contributed by atoms with Crippen molar-refractivity contribution in [2.45, 2.75) is 39.5 Å². The Morgan fingerprint density at radius 1 is 1.07 bits per heavy atom. The van der Waals surface area contributed by atoms with Gasteiger partial charge in [-0.25, -0.2) is 9.97 Å². The minimum atomic E-state index is -0.191. The number of anilines is 2. The summed E-state index contributed by atoms with van der Waals surface area (Å²) < 4.78 is 0. The van der Waals surface area contributed by atoms with Crippen LogP contribution < -0.4 is 10.6 Å². The molecule has 0 saturated heterocycles. The second-order valence-electron chi connectivity index (χ2n) is 7.59. The Morgan fingerprint density at radius 2 is 1.70 bits per heavy atom. The van der Waals surface area contributed by atoms with E-state index in [-0.39, 0.29) is 5.91 Å². The Morgan fingerprint density at radius 3 is 2.26 bits per heavy atom. The minimum absolute atomic E-state index is 0.191. The van der Waals surface area contributed by atoms with Gasteiger partial charge in [0.25, 0.3) is 5.91 Å². The Bertz CT molecular complexity index is 745. The molecule has 0 spiro atoms. The minimum Gasteiger partial charge on any atom is -0.349 e. The molecule has 1 aromatic heterocycles. The quantitative estimate of drug-likeness (QED) is 0.741. The van der Waals surface area contributed by atoms with Gasteiger partial charge < -0.3 is 15.5 Å². The Hall–Kier alpha value is -2.47. The van der Waals surface area contributed by atoms with Gasteiger partial charge in [0.05, 0.1) is 0 Å². The summed E-state index contributed by atoms with van der Waals surface area (Å²) in [5.74, 6) is 1.19. The molecule has 2 aromatic rings. The van der Waals surface area contributed by atoms with Gasteiger partial charge >= 0.3 is 0 Å². The predicted octanol–water partition coefficient (Wildman–Crippen LogP) is 3.76. The zero-order valence-corrected chi connectivity index (χ0v) is 17.2. The molecule has 0 fully saturated rings. The number of nitrogens with one attached hydrogen (secondary N) is 2. The fraction of sp³-hybridized carbons (Fsp3) is 0.476. The van der Waals surface area contributed by atoms with E-state index in [9.17, 15) is 4.79 Å². The lowest BCUT2D eigenvalue weighted by Gasteiger charge is -2.20. The first-order chi connectivity index (χ1) is 12.8. The maximum absolute atomic E-state index is 12.3. The van der Waals surface area contributed by atoms with Crippen molar-refractivity contribution in [3.8, 4) is 0 Å². The van der Waals surface area contributed by atoms with Gasteiger partial charge in [-0.3, -0.25) is 4.79 Å². The van der Waals surface area contributed by atoms with E-state index in [0.717, 1.165) is 12.2 Å². The summed E-state index contributed by atoms with van der Waals surface area (Å²) in [5.41, 5.74) is 3.90. The maximum atomic E-state index is 12.3. The number of carbonyl (C=O) groups excluding carboxylic acids is 1. The molecule has 0 atom stereocenters. The normalized spacial score (nSPS) is 11.3. The summed E-state index contributed by atoms with van der Waals surface area (Å²) >= 11 is 0. The third kappa shape index (κ3) is 5.76. The monoisotopic (exact) mass is 369 g/mol. The number of likely N-dealkylation sites (N-methyl/N-ethyl adjacent to an activating group) is 1. The summed E-state index contributed by atoms with van der Waals surface area (Å²) in [6.45, 7) is 10.1. The molecular weight excluding hydrogens is 338 g/mol. The molecule has 0 bridgehead atoms. The molecule has 0 unspecified atom stereocenters. The maximum Gasteiger partial charge on any atom is 0.270 e. The third-order valence-electron chi connectivity index (χ3n) is 4.37. The highest BCUT2D eigenvalue weighted by Crippen LogP contribution is 2.34. The van der Waals surface area contributed by atoms with Crippen molar-refractivity contribution >= 4 is 17.4 Å². The van der Waals surface area contributed by atoms with E-state index >= 15 is 0 Å². The van der Waals surface area contributed by atoms with E-state index in [1.165, 1.54) is 17.5 Å². The van der Waals surface area contributed by atoms with Crippen LogP contribution in [0.2, 0.25) is 0 Å². The zero-order valence-electron chi connectivity index (χ0n) is 17.2. The summed E-state index contributed by atoms with van der Waals surface area (Å²) in [5, 5.41) is 6.32. The molecule has 6 nitrogen and oxygen atoms in total. The second-order valence-corrected chi connectivity index (χ2v) is 7.59. The molecule has 146 valence electrons. The van der Waals surface area contributed by atoms with Gasteiger partial charge in [0.2, 0.25) is 0 Å². The van der Waals surface area contributed by atoms with Gasteiger partial charge in [0.15, 0.2) is 0 Å². The number of hydrogen-bond acceptors (Lipinski definition) is 5. The number of para-hydroxylation sites is 1. The molecule has 2 rings (SSSR count). The molecule has 0 aliphatic rings. The van der Waals surface area contributed by atoms with Crippen LogP contribution in [0.1, 0.15) is 61.1 Å². The molecule has 6 heteroatoms. The first-order valence-corrected chi connectivity index (χ1v) is 9.44. The number of carbonyl (C=O) groups is 1. The van der Waals surface area contributed by atoms with Gasteiger partial charge in [-0.05, 0) is 37.1 Å². The molecule has 2 N–H and O–H groups in total. The van der Waals surface area contributed by atoms with Gasteiger partial charge in [-0.2, -0.15) is 0 Å². The number of rotatable bonds is 8. The van der Waals surface area contributed by atoms with Crippen molar-refractivity contribution in [1.82, 2.24) is 20.2 Å². The van der Waals surface area contributed by atoms with Crippen LogP contribution in [0.15, 0.2) is 30.6 Å². The van der Waals surface area contributed by atoms with Crippen molar-refractivity contribution < 1.29 is 4.79 Å². The van der Waals surface area contributed by atoms with Crippen molar-refractivity contribution in [2.75, 3.05) is 32.5 Å². The Kier molecular flexibility index (Phi) is 7.30. The van der Waals surface area contributed by atoms with E-state index in [1.807, 2.05) is 19.0 Å². The lowest BCUT2D eigenvalue weighted by atomic mass is 9.92. The molecule has 1 amide bonds. The zero-order chi connectivity index (χ0) is 20.0. The molecule has 0 aliphatic carbocycles. The van der Waals surface area contributed by atoms with Crippen LogP contribution >= 0.6 is 0 Å². The highest BCUT2D eigenvalue weighted by molar-refractivity contribution is 5.93. The average Bonchev–Trinajstić information content (AvgIpc) is 2.61.